The molecule has 2 heterocycles. The van der Waals surface area contributed by atoms with Gasteiger partial charge in [0.05, 0.1) is 30.4 Å². The van der Waals surface area contributed by atoms with Crippen molar-refractivity contribution in [1.82, 2.24) is 15.5 Å². The lowest BCUT2D eigenvalue weighted by molar-refractivity contribution is -0.120. The Balaban J connectivity index is 1.55. The van der Waals surface area contributed by atoms with E-state index >= 15 is 0 Å². The van der Waals surface area contributed by atoms with Crippen molar-refractivity contribution in [2.75, 3.05) is 11.9 Å². The van der Waals surface area contributed by atoms with Gasteiger partial charge >= 0.3 is 0 Å². The molecule has 142 valence electrons. The molecule has 2 aromatic heterocycles. The maximum atomic E-state index is 12.2. The van der Waals surface area contributed by atoms with E-state index in [1.54, 1.807) is 12.3 Å². The highest BCUT2D eigenvalue weighted by molar-refractivity contribution is 8.02. The second-order valence-corrected chi connectivity index (χ2v) is 8.05. The minimum atomic E-state index is -0.295. The Morgan fingerprint density at radius 1 is 1.30 bits per heavy atom. The Hall–Kier alpha value is -2.52. The van der Waals surface area contributed by atoms with Crippen molar-refractivity contribution in [3.63, 3.8) is 0 Å². The molecule has 2 N–H and O–H groups in total. The van der Waals surface area contributed by atoms with Crippen LogP contribution in [0.5, 0.6) is 5.75 Å². The Morgan fingerprint density at radius 3 is 2.93 bits per heavy atom. The highest BCUT2D eigenvalue weighted by atomic mass is 32.2. The summed E-state index contributed by atoms with van der Waals surface area (Å²) in [7, 11) is 0. The number of furan rings is 1. The van der Waals surface area contributed by atoms with Gasteiger partial charge in [0, 0.05) is 0 Å². The van der Waals surface area contributed by atoms with E-state index in [-0.39, 0.29) is 11.2 Å². The molecule has 0 bridgehead atoms. The predicted octanol–water partition coefficient (Wildman–Crippen LogP) is 4.07. The van der Waals surface area contributed by atoms with Crippen LogP contribution in [0.4, 0.5) is 10.8 Å². The second kappa shape index (κ2) is 9.43. The third kappa shape index (κ3) is 5.48. The van der Waals surface area contributed by atoms with Gasteiger partial charge in [0.2, 0.25) is 11.0 Å². The first kappa shape index (κ1) is 19.2. The molecule has 0 radical (unpaired) electrons. The number of amides is 1. The maximum Gasteiger partial charge on any atom is 0.233 e. The molecular formula is C18H20N4O3S2. The lowest BCUT2D eigenvalue weighted by Gasteiger charge is -2.10. The number of hydrogen-bond donors (Lipinski definition) is 2. The van der Waals surface area contributed by atoms with Crippen molar-refractivity contribution in [3.8, 4) is 5.75 Å². The zero-order chi connectivity index (χ0) is 19.1. The number of nitrogens with one attached hydrogen (secondary N) is 2. The molecule has 0 saturated carbocycles. The highest BCUT2D eigenvalue weighted by Crippen LogP contribution is 2.33. The quantitative estimate of drug-likeness (QED) is 0.520. The van der Waals surface area contributed by atoms with Gasteiger partial charge in [0.1, 0.15) is 11.5 Å². The SMILES string of the molecule is CCOc1ccccc1Nc1nnc(S[C@H](C)C(=O)NCc2ccco2)s1. The summed E-state index contributed by atoms with van der Waals surface area (Å²) in [6.07, 6.45) is 1.58. The van der Waals surface area contributed by atoms with E-state index in [2.05, 4.69) is 20.8 Å². The summed E-state index contributed by atoms with van der Waals surface area (Å²) in [5.41, 5.74) is 0.830. The average Bonchev–Trinajstić information content (AvgIpc) is 3.33. The molecule has 0 fully saturated rings. The highest BCUT2D eigenvalue weighted by Gasteiger charge is 2.17. The van der Waals surface area contributed by atoms with Gasteiger partial charge < -0.3 is 19.8 Å². The van der Waals surface area contributed by atoms with Gasteiger partial charge in [-0.3, -0.25) is 4.79 Å². The van der Waals surface area contributed by atoms with Gasteiger partial charge in [0.15, 0.2) is 4.34 Å². The number of nitrogens with zero attached hydrogens (tertiary/aromatic N) is 2. The molecule has 1 atom stereocenters. The summed E-state index contributed by atoms with van der Waals surface area (Å²) >= 11 is 2.76. The number of rotatable bonds is 9. The molecule has 9 heteroatoms. The molecule has 1 amide bonds. The lowest BCUT2D eigenvalue weighted by Crippen LogP contribution is -2.30. The minimum Gasteiger partial charge on any atom is -0.492 e. The zero-order valence-corrected chi connectivity index (χ0v) is 16.6. The number of carbonyl (C=O) groups is 1. The van der Waals surface area contributed by atoms with Gasteiger partial charge in [-0.05, 0) is 38.1 Å². The van der Waals surface area contributed by atoms with Gasteiger partial charge in [-0.2, -0.15) is 0 Å². The molecule has 7 nitrogen and oxygen atoms in total. The lowest BCUT2D eigenvalue weighted by atomic mass is 10.3. The van der Waals surface area contributed by atoms with Gasteiger partial charge in [0.25, 0.3) is 0 Å². The third-order valence-electron chi connectivity index (χ3n) is 3.50. The number of thioether (sulfide) groups is 1. The van der Waals surface area contributed by atoms with Crippen molar-refractivity contribution in [2.24, 2.45) is 0 Å². The van der Waals surface area contributed by atoms with Crippen LogP contribution in [0.2, 0.25) is 0 Å². The summed E-state index contributed by atoms with van der Waals surface area (Å²) in [5.74, 6) is 1.40. The number of para-hydroxylation sites is 2. The number of carbonyl (C=O) groups excluding carboxylic acids is 1. The normalized spacial score (nSPS) is 11.8. The zero-order valence-electron chi connectivity index (χ0n) is 15.0. The Bertz CT molecular complexity index is 867. The van der Waals surface area contributed by atoms with Crippen molar-refractivity contribution >= 4 is 39.8 Å². The summed E-state index contributed by atoms with van der Waals surface area (Å²) in [6.45, 7) is 4.73. The smallest absolute Gasteiger partial charge is 0.233 e. The van der Waals surface area contributed by atoms with Crippen LogP contribution in [0.3, 0.4) is 0 Å². The topological polar surface area (TPSA) is 89.3 Å². The molecule has 0 aliphatic heterocycles. The Kier molecular flexibility index (Phi) is 6.72. The molecule has 0 spiro atoms. The van der Waals surface area contributed by atoms with E-state index in [0.717, 1.165) is 17.2 Å². The van der Waals surface area contributed by atoms with Crippen molar-refractivity contribution in [2.45, 2.75) is 30.0 Å². The van der Waals surface area contributed by atoms with Crippen LogP contribution in [-0.2, 0) is 11.3 Å². The largest absolute Gasteiger partial charge is 0.492 e. The fraction of sp³-hybridized carbons (Fsp3) is 0.278. The molecular weight excluding hydrogens is 384 g/mol. The average molecular weight is 405 g/mol. The molecule has 0 saturated heterocycles. The number of anilines is 2. The molecule has 3 rings (SSSR count). The molecule has 0 aliphatic carbocycles. The molecule has 0 aliphatic rings. The van der Waals surface area contributed by atoms with Crippen molar-refractivity contribution in [3.05, 3.63) is 48.4 Å². The number of aromatic nitrogens is 2. The molecule has 3 aromatic rings. The molecule has 27 heavy (non-hydrogen) atoms. The molecule has 0 unspecified atom stereocenters. The first-order valence-electron chi connectivity index (χ1n) is 8.44. The van der Waals surface area contributed by atoms with E-state index in [4.69, 9.17) is 9.15 Å². The third-order valence-corrected chi connectivity index (χ3v) is 5.52. The number of ether oxygens (including phenoxy) is 1. The summed E-state index contributed by atoms with van der Waals surface area (Å²) in [5, 5.41) is 14.7. The van der Waals surface area contributed by atoms with Crippen LogP contribution >= 0.6 is 23.1 Å². The molecule has 1 aromatic carbocycles. The van der Waals surface area contributed by atoms with Crippen molar-refractivity contribution in [1.29, 1.82) is 0 Å². The van der Waals surface area contributed by atoms with E-state index in [1.165, 1.54) is 23.1 Å². The van der Waals surface area contributed by atoms with E-state index in [9.17, 15) is 4.79 Å². The summed E-state index contributed by atoms with van der Waals surface area (Å²) in [4.78, 5) is 12.2. The predicted molar refractivity (Wildman–Crippen MR) is 107 cm³/mol. The van der Waals surface area contributed by atoms with Crippen LogP contribution in [0.1, 0.15) is 19.6 Å². The van der Waals surface area contributed by atoms with Crippen LogP contribution in [0, 0.1) is 0 Å². The van der Waals surface area contributed by atoms with Gasteiger partial charge in [-0.15, -0.1) is 10.2 Å². The van der Waals surface area contributed by atoms with Crippen LogP contribution in [0.25, 0.3) is 0 Å². The second-order valence-electron chi connectivity index (χ2n) is 5.48. The fourth-order valence-corrected chi connectivity index (χ4v) is 4.14. The first-order valence-corrected chi connectivity index (χ1v) is 10.1. The monoisotopic (exact) mass is 404 g/mol. The summed E-state index contributed by atoms with van der Waals surface area (Å²) < 4.78 is 11.5. The number of hydrogen-bond acceptors (Lipinski definition) is 8. The van der Waals surface area contributed by atoms with E-state index < -0.39 is 0 Å². The Morgan fingerprint density at radius 2 is 2.15 bits per heavy atom. The standard InChI is InChI=1S/C18H20N4O3S2/c1-3-24-15-9-5-4-8-14(15)20-17-21-22-18(27-17)26-12(2)16(23)19-11-13-7-6-10-25-13/h4-10,12H,3,11H2,1-2H3,(H,19,23)(H,20,21)/t12-/m1/s1. The Labute approximate surface area is 165 Å². The fourth-order valence-electron chi connectivity index (χ4n) is 2.21. The van der Waals surface area contributed by atoms with E-state index in [1.807, 2.05) is 44.2 Å². The first-order chi connectivity index (χ1) is 13.2. The number of benzene rings is 1. The van der Waals surface area contributed by atoms with Crippen LogP contribution in [0.15, 0.2) is 51.4 Å². The van der Waals surface area contributed by atoms with Gasteiger partial charge in [-0.1, -0.05) is 35.2 Å². The maximum absolute atomic E-state index is 12.2. The van der Waals surface area contributed by atoms with Crippen LogP contribution < -0.4 is 15.4 Å². The van der Waals surface area contributed by atoms with Crippen molar-refractivity contribution < 1.29 is 13.9 Å². The van der Waals surface area contributed by atoms with Gasteiger partial charge in [-0.25, -0.2) is 0 Å². The van der Waals surface area contributed by atoms with Crippen LogP contribution in [-0.4, -0.2) is 28.0 Å². The minimum absolute atomic E-state index is 0.0807. The summed E-state index contributed by atoms with van der Waals surface area (Å²) in [6, 6.07) is 11.3. The van der Waals surface area contributed by atoms with E-state index in [0.29, 0.717) is 22.6 Å².